The fourth-order valence-electron chi connectivity index (χ4n) is 2.79. The highest BCUT2D eigenvalue weighted by molar-refractivity contribution is 5.93. The second-order valence-corrected chi connectivity index (χ2v) is 6.22. The topological polar surface area (TPSA) is 75.4 Å². The van der Waals surface area contributed by atoms with Gasteiger partial charge in [-0.2, -0.15) is 0 Å². The first-order chi connectivity index (χ1) is 10.5. The van der Waals surface area contributed by atoms with E-state index in [1.807, 2.05) is 0 Å². The molecule has 1 aliphatic carbocycles. The number of hydrogen-bond donors (Lipinski definition) is 2. The van der Waals surface area contributed by atoms with E-state index in [0.29, 0.717) is 31.6 Å². The van der Waals surface area contributed by atoms with Crippen LogP contribution in [0.3, 0.4) is 0 Å². The minimum Gasteiger partial charge on any atom is -0.341 e. The highest BCUT2D eigenvalue weighted by Gasteiger charge is 2.48. The fourth-order valence-corrected chi connectivity index (χ4v) is 2.79. The van der Waals surface area contributed by atoms with Gasteiger partial charge in [-0.05, 0) is 49.9 Å². The maximum absolute atomic E-state index is 12.8. The van der Waals surface area contributed by atoms with Crippen LogP contribution in [-0.4, -0.2) is 35.3 Å². The van der Waals surface area contributed by atoms with Crippen molar-refractivity contribution in [2.45, 2.75) is 31.2 Å². The van der Waals surface area contributed by atoms with E-state index in [-0.39, 0.29) is 36.0 Å². The summed E-state index contributed by atoms with van der Waals surface area (Å²) in [4.78, 5) is 26.1. The van der Waals surface area contributed by atoms with Crippen molar-refractivity contribution >= 4 is 29.9 Å². The summed E-state index contributed by atoms with van der Waals surface area (Å²) in [7, 11) is 0. The Morgan fingerprint density at radius 1 is 1.17 bits per heavy atom. The Kier molecular flexibility index (Phi) is 5.26. The van der Waals surface area contributed by atoms with Gasteiger partial charge in [-0.1, -0.05) is 0 Å². The highest BCUT2D eigenvalue weighted by atomic mass is 35.5. The van der Waals surface area contributed by atoms with Crippen molar-refractivity contribution in [1.29, 1.82) is 0 Å². The van der Waals surface area contributed by atoms with E-state index in [1.165, 1.54) is 24.3 Å². The van der Waals surface area contributed by atoms with Crippen molar-refractivity contribution in [3.05, 3.63) is 30.1 Å². The Morgan fingerprint density at radius 2 is 1.74 bits per heavy atom. The smallest absolute Gasteiger partial charge is 0.242 e. The maximum atomic E-state index is 12.8. The predicted molar refractivity (Wildman–Crippen MR) is 87.7 cm³/mol. The Bertz CT molecular complexity index is 581. The van der Waals surface area contributed by atoms with Gasteiger partial charge >= 0.3 is 0 Å². The van der Waals surface area contributed by atoms with Gasteiger partial charge in [0.1, 0.15) is 5.82 Å². The SMILES string of the molecule is Cl.NC1(C(=O)N2CCC(C(=O)Nc3ccc(F)cc3)CC2)CC1. The molecule has 23 heavy (non-hydrogen) atoms. The summed E-state index contributed by atoms with van der Waals surface area (Å²) >= 11 is 0. The van der Waals surface area contributed by atoms with E-state index in [0.717, 1.165) is 12.8 Å². The van der Waals surface area contributed by atoms with Gasteiger partial charge in [0.2, 0.25) is 11.8 Å². The molecule has 0 unspecified atom stereocenters. The van der Waals surface area contributed by atoms with Crippen LogP contribution in [0.4, 0.5) is 10.1 Å². The average molecular weight is 342 g/mol. The van der Waals surface area contributed by atoms with Crippen molar-refractivity contribution < 1.29 is 14.0 Å². The minimum atomic E-state index is -0.636. The van der Waals surface area contributed by atoms with Gasteiger partial charge in [0.15, 0.2) is 0 Å². The quantitative estimate of drug-likeness (QED) is 0.882. The van der Waals surface area contributed by atoms with Crippen molar-refractivity contribution in [2.75, 3.05) is 18.4 Å². The van der Waals surface area contributed by atoms with Crippen LogP contribution in [0.1, 0.15) is 25.7 Å². The molecule has 1 saturated carbocycles. The second kappa shape index (κ2) is 6.84. The first kappa shape index (κ1) is 17.7. The number of anilines is 1. The molecule has 1 saturated heterocycles. The van der Waals surface area contributed by atoms with Crippen LogP contribution in [0, 0.1) is 11.7 Å². The molecule has 1 aromatic rings. The van der Waals surface area contributed by atoms with E-state index in [4.69, 9.17) is 5.73 Å². The Hall–Kier alpha value is -1.66. The molecule has 1 heterocycles. The molecule has 2 aliphatic rings. The normalized spacial score (nSPS) is 19.7. The van der Waals surface area contributed by atoms with E-state index in [2.05, 4.69) is 5.32 Å². The van der Waals surface area contributed by atoms with Gasteiger partial charge < -0.3 is 16.0 Å². The van der Waals surface area contributed by atoms with E-state index < -0.39 is 5.54 Å². The number of nitrogens with one attached hydrogen (secondary N) is 1. The molecule has 0 bridgehead atoms. The third-order valence-electron chi connectivity index (χ3n) is 4.48. The molecule has 3 rings (SSSR count). The largest absolute Gasteiger partial charge is 0.341 e. The molecule has 0 radical (unpaired) electrons. The lowest BCUT2D eigenvalue weighted by atomic mass is 9.95. The first-order valence-electron chi connectivity index (χ1n) is 7.63. The van der Waals surface area contributed by atoms with Crippen LogP contribution in [0.5, 0.6) is 0 Å². The number of hydrogen-bond acceptors (Lipinski definition) is 3. The molecule has 0 aromatic heterocycles. The van der Waals surface area contributed by atoms with E-state index in [1.54, 1.807) is 4.90 Å². The van der Waals surface area contributed by atoms with Crippen LogP contribution in [-0.2, 0) is 9.59 Å². The number of carbonyl (C=O) groups excluding carboxylic acids is 2. The lowest BCUT2D eigenvalue weighted by molar-refractivity contribution is -0.136. The number of nitrogens with two attached hydrogens (primary N) is 1. The lowest BCUT2D eigenvalue weighted by Crippen LogP contribution is -2.49. The third kappa shape index (κ3) is 4.00. The molecule has 5 nitrogen and oxygen atoms in total. The van der Waals surface area contributed by atoms with Crippen molar-refractivity contribution in [3.8, 4) is 0 Å². The number of rotatable bonds is 3. The van der Waals surface area contributed by atoms with Crippen molar-refractivity contribution in [1.82, 2.24) is 4.90 Å². The van der Waals surface area contributed by atoms with Gasteiger partial charge in [0, 0.05) is 24.7 Å². The Balaban J connectivity index is 0.00000192. The number of amides is 2. The van der Waals surface area contributed by atoms with Crippen LogP contribution in [0.15, 0.2) is 24.3 Å². The van der Waals surface area contributed by atoms with Gasteiger partial charge in [-0.15, -0.1) is 12.4 Å². The molecule has 2 fully saturated rings. The molecule has 126 valence electrons. The highest BCUT2D eigenvalue weighted by Crippen LogP contribution is 2.35. The van der Waals surface area contributed by atoms with E-state index in [9.17, 15) is 14.0 Å². The molecule has 1 aliphatic heterocycles. The zero-order chi connectivity index (χ0) is 15.7. The fraction of sp³-hybridized carbons (Fsp3) is 0.500. The van der Waals surface area contributed by atoms with Crippen LogP contribution in [0.2, 0.25) is 0 Å². The molecule has 0 spiro atoms. The molecule has 1 aromatic carbocycles. The number of nitrogens with zero attached hydrogens (tertiary/aromatic N) is 1. The number of piperidine rings is 1. The van der Waals surface area contributed by atoms with Gasteiger partial charge in [0.25, 0.3) is 0 Å². The summed E-state index contributed by atoms with van der Waals surface area (Å²) in [5.41, 5.74) is 5.88. The van der Waals surface area contributed by atoms with E-state index >= 15 is 0 Å². The summed E-state index contributed by atoms with van der Waals surface area (Å²) in [6, 6.07) is 5.70. The average Bonchev–Trinajstić information content (AvgIpc) is 3.28. The molecule has 0 atom stereocenters. The lowest BCUT2D eigenvalue weighted by Gasteiger charge is -2.33. The maximum Gasteiger partial charge on any atom is 0.242 e. The summed E-state index contributed by atoms with van der Waals surface area (Å²) in [5, 5.41) is 2.79. The Morgan fingerprint density at radius 3 is 2.26 bits per heavy atom. The van der Waals surface area contributed by atoms with Crippen LogP contribution in [0.25, 0.3) is 0 Å². The summed E-state index contributed by atoms with van der Waals surface area (Å²) in [6.07, 6.45) is 2.79. The summed E-state index contributed by atoms with van der Waals surface area (Å²) in [6.45, 7) is 1.14. The number of carbonyl (C=O) groups is 2. The second-order valence-electron chi connectivity index (χ2n) is 6.22. The third-order valence-corrected chi connectivity index (χ3v) is 4.48. The first-order valence-corrected chi connectivity index (χ1v) is 7.63. The van der Waals surface area contributed by atoms with Gasteiger partial charge in [0.05, 0.1) is 5.54 Å². The molecule has 7 heteroatoms. The summed E-state index contributed by atoms with van der Waals surface area (Å²) < 4.78 is 12.8. The number of halogens is 2. The molecule has 2 amide bonds. The van der Waals surface area contributed by atoms with Crippen molar-refractivity contribution in [2.24, 2.45) is 11.7 Å². The Labute approximate surface area is 140 Å². The van der Waals surface area contributed by atoms with Crippen LogP contribution >= 0.6 is 12.4 Å². The minimum absolute atomic E-state index is 0. The van der Waals surface area contributed by atoms with Gasteiger partial charge in [-0.3, -0.25) is 9.59 Å². The monoisotopic (exact) mass is 341 g/mol. The molecular formula is C16H21ClFN3O2. The number of likely N-dealkylation sites (tertiary alicyclic amines) is 1. The van der Waals surface area contributed by atoms with Gasteiger partial charge in [-0.25, -0.2) is 4.39 Å². The summed E-state index contributed by atoms with van der Waals surface area (Å²) in [5.74, 6) is -0.514. The predicted octanol–water partition coefficient (Wildman–Crippen LogP) is 1.92. The van der Waals surface area contributed by atoms with Crippen LogP contribution < -0.4 is 11.1 Å². The molecule has 3 N–H and O–H groups in total. The van der Waals surface area contributed by atoms with Crippen molar-refractivity contribution in [3.63, 3.8) is 0 Å². The number of benzene rings is 1. The standard InChI is InChI=1S/C16H20FN3O2.ClH/c17-12-1-3-13(4-2-12)19-14(21)11-5-9-20(10-6-11)15(22)16(18)7-8-16;/h1-4,11H,5-10,18H2,(H,19,21);1H. The molecular weight excluding hydrogens is 321 g/mol. The zero-order valence-electron chi connectivity index (χ0n) is 12.8. The zero-order valence-corrected chi connectivity index (χ0v) is 13.6.